The van der Waals surface area contributed by atoms with Crippen LogP contribution in [0, 0.1) is 6.92 Å². The Bertz CT molecular complexity index is 1890. The van der Waals surface area contributed by atoms with E-state index < -0.39 is 53.1 Å². The van der Waals surface area contributed by atoms with Gasteiger partial charge in [-0.3, -0.25) is 9.48 Å². The number of halogens is 6. The first-order valence-electron chi connectivity index (χ1n) is 15.9. The Labute approximate surface area is 284 Å². The summed E-state index contributed by atoms with van der Waals surface area (Å²) in [4.78, 5) is 34.1. The first kappa shape index (κ1) is 36.4. The van der Waals surface area contributed by atoms with Crippen LogP contribution in [-0.2, 0) is 35.4 Å². The summed E-state index contributed by atoms with van der Waals surface area (Å²) in [7, 11) is 1.62. The number of nitrogens with one attached hydrogen (secondary N) is 3. The molecule has 0 spiro atoms. The van der Waals surface area contributed by atoms with E-state index in [-0.39, 0.29) is 17.9 Å². The highest BCUT2D eigenvalue weighted by Crippen LogP contribution is 2.37. The molecule has 50 heavy (non-hydrogen) atoms. The van der Waals surface area contributed by atoms with Gasteiger partial charge in [0.25, 0.3) is 0 Å². The average Bonchev–Trinajstić information content (AvgIpc) is 3.35. The Morgan fingerprint density at radius 3 is 2.26 bits per heavy atom. The standard InChI is InChI=1S/C34H37F6N7O3/c1-18-23(11-13-26-24(18)17-41-30(44-26)42-21-7-9-22(10-8-21)43-31(49)50-32(2,3)4)27-16-28(46-47(27)5)45-29(48)15-19-14-20(33(35,36)37)6-12-25(19)34(38,39)40/h6,11-14,16-17,21-22H,7-10,15H2,1-5H3,(H,43,49)(H,41,42,44)(H,45,46,48)/t21-,22-. The minimum absolute atomic E-state index is 0.0133. The zero-order valence-corrected chi connectivity index (χ0v) is 28.0. The Hall–Kier alpha value is -4.89. The van der Waals surface area contributed by atoms with Gasteiger partial charge in [-0.05, 0) is 88.8 Å². The van der Waals surface area contributed by atoms with E-state index in [0.717, 1.165) is 42.2 Å². The highest BCUT2D eigenvalue weighted by molar-refractivity contribution is 5.93. The van der Waals surface area contributed by atoms with E-state index in [2.05, 4.69) is 31.0 Å². The van der Waals surface area contributed by atoms with Gasteiger partial charge >= 0.3 is 18.4 Å². The number of ether oxygens (including phenoxy) is 1. The molecule has 0 atom stereocenters. The molecule has 2 amide bonds. The quantitative estimate of drug-likeness (QED) is 0.168. The van der Waals surface area contributed by atoms with Gasteiger partial charge in [0.05, 0.1) is 28.8 Å². The fraction of sp³-hybridized carbons (Fsp3) is 0.441. The minimum atomic E-state index is -4.95. The molecular formula is C34H37F6N7O3. The minimum Gasteiger partial charge on any atom is -0.444 e. The van der Waals surface area contributed by atoms with Crippen molar-refractivity contribution in [3.05, 3.63) is 64.8 Å². The third-order valence-corrected chi connectivity index (χ3v) is 8.33. The summed E-state index contributed by atoms with van der Waals surface area (Å²) in [6.07, 6.45) is -6.33. The van der Waals surface area contributed by atoms with Crippen molar-refractivity contribution < 1.29 is 40.7 Å². The van der Waals surface area contributed by atoms with E-state index in [9.17, 15) is 35.9 Å². The normalized spacial score (nSPS) is 17.0. The van der Waals surface area contributed by atoms with Crippen LogP contribution in [0.5, 0.6) is 0 Å². The van der Waals surface area contributed by atoms with Crippen molar-refractivity contribution in [2.45, 2.75) is 89.8 Å². The molecule has 2 aromatic carbocycles. The SMILES string of the molecule is Cc1c(-c2cc(NC(=O)Cc3cc(C(F)(F)F)ccc3C(F)(F)F)nn2C)ccc2nc(N[C@H]3CC[C@H](NC(=O)OC(C)(C)C)CC3)ncc12. The van der Waals surface area contributed by atoms with Crippen LogP contribution in [0.2, 0.25) is 0 Å². The molecule has 1 aliphatic rings. The van der Waals surface area contributed by atoms with Gasteiger partial charge in [0.1, 0.15) is 5.60 Å². The molecular weight excluding hydrogens is 668 g/mol. The summed E-state index contributed by atoms with van der Waals surface area (Å²) in [6.45, 7) is 7.32. The topological polar surface area (TPSA) is 123 Å². The fourth-order valence-corrected chi connectivity index (χ4v) is 5.96. The number of alkyl carbamates (subject to hydrolysis) is 1. The van der Waals surface area contributed by atoms with Crippen LogP contribution in [0.25, 0.3) is 22.2 Å². The van der Waals surface area contributed by atoms with Gasteiger partial charge in [0.2, 0.25) is 11.9 Å². The Morgan fingerprint density at radius 1 is 0.940 bits per heavy atom. The number of nitrogens with zero attached hydrogens (tertiary/aromatic N) is 4. The van der Waals surface area contributed by atoms with E-state index in [1.807, 2.05) is 39.8 Å². The number of rotatable bonds is 7. The number of fused-ring (bicyclic) bond motifs is 1. The maximum absolute atomic E-state index is 13.5. The largest absolute Gasteiger partial charge is 0.444 e. The van der Waals surface area contributed by atoms with Crippen LogP contribution in [0.3, 0.4) is 0 Å². The van der Waals surface area contributed by atoms with Crippen molar-refractivity contribution in [1.82, 2.24) is 25.1 Å². The van der Waals surface area contributed by atoms with Crippen molar-refractivity contribution in [3.8, 4) is 11.3 Å². The van der Waals surface area contributed by atoms with Crippen molar-refractivity contribution in [2.75, 3.05) is 10.6 Å². The van der Waals surface area contributed by atoms with Gasteiger partial charge in [-0.25, -0.2) is 14.8 Å². The number of aryl methyl sites for hydroxylation is 2. The predicted octanol–water partition coefficient (Wildman–Crippen LogP) is 7.81. The highest BCUT2D eigenvalue weighted by Gasteiger charge is 2.37. The van der Waals surface area contributed by atoms with Gasteiger partial charge in [0.15, 0.2) is 5.82 Å². The molecule has 5 rings (SSSR count). The third kappa shape index (κ3) is 8.82. The summed E-state index contributed by atoms with van der Waals surface area (Å²) in [5.74, 6) is -0.483. The fourth-order valence-electron chi connectivity index (χ4n) is 5.96. The number of alkyl halides is 6. The molecule has 16 heteroatoms. The molecule has 10 nitrogen and oxygen atoms in total. The lowest BCUT2D eigenvalue weighted by molar-refractivity contribution is -0.142. The monoisotopic (exact) mass is 705 g/mol. The molecule has 268 valence electrons. The number of benzene rings is 2. The van der Waals surface area contributed by atoms with Crippen molar-refractivity contribution in [2.24, 2.45) is 7.05 Å². The molecule has 2 heterocycles. The maximum atomic E-state index is 13.5. The van der Waals surface area contributed by atoms with E-state index in [0.29, 0.717) is 35.4 Å². The van der Waals surface area contributed by atoms with Crippen LogP contribution in [-0.4, -0.2) is 49.4 Å². The first-order valence-corrected chi connectivity index (χ1v) is 15.9. The molecule has 3 N–H and O–H groups in total. The summed E-state index contributed by atoms with van der Waals surface area (Å²) < 4.78 is 86.9. The second kappa shape index (κ2) is 13.8. The van der Waals surface area contributed by atoms with Crippen LogP contribution < -0.4 is 16.0 Å². The first-order chi connectivity index (χ1) is 23.3. The van der Waals surface area contributed by atoms with Crippen LogP contribution >= 0.6 is 0 Å². The Morgan fingerprint density at radius 2 is 1.62 bits per heavy atom. The van der Waals surface area contributed by atoms with Crippen molar-refractivity contribution >= 4 is 34.7 Å². The number of amides is 2. The second-order valence-electron chi connectivity index (χ2n) is 13.3. The van der Waals surface area contributed by atoms with E-state index in [1.54, 1.807) is 13.2 Å². The number of carbonyl (C=O) groups excluding carboxylic acids is 2. The van der Waals surface area contributed by atoms with Crippen molar-refractivity contribution in [1.29, 1.82) is 0 Å². The summed E-state index contributed by atoms with van der Waals surface area (Å²) in [5.41, 5.74) is -1.20. The molecule has 0 unspecified atom stereocenters. The molecule has 0 bridgehead atoms. The lowest BCUT2D eigenvalue weighted by Crippen LogP contribution is -2.42. The Balaban J connectivity index is 1.25. The van der Waals surface area contributed by atoms with Crippen LogP contribution in [0.15, 0.2) is 42.6 Å². The van der Waals surface area contributed by atoms with Crippen LogP contribution in [0.4, 0.5) is 42.9 Å². The van der Waals surface area contributed by atoms with E-state index in [4.69, 9.17) is 4.74 Å². The van der Waals surface area contributed by atoms with Gasteiger partial charge in [-0.15, -0.1) is 0 Å². The molecule has 1 saturated carbocycles. The zero-order valence-electron chi connectivity index (χ0n) is 28.0. The number of hydrogen-bond donors (Lipinski definition) is 3. The van der Waals surface area contributed by atoms with Gasteiger partial charge in [0, 0.05) is 42.3 Å². The van der Waals surface area contributed by atoms with Crippen LogP contribution in [0.1, 0.15) is 68.7 Å². The number of carbonyl (C=O) groups is 2. The molecule has 0 aliphatic heterocycles. The lowest BCUT2D eigenvalue weighted by Gasteiger charge is -2.30. The summed E-state index contributed by atoms with van der Waals surface area (Å²) >= 11 is 0. The summed E-state index contributed by atoms with van der Waals surface area (Å²) in [5, 5.41) is 13.7. The van der Waals surface area contributed by atoms with Crippen molar-refractivity contribution in [3.63, 3.8) is 0 Å². The predicted molar refractivity (Wildman–Crippen MR) is 174 cm³/mol. The van der Waals surface area contributed by atoms with Gasteiger partial charge in [-0.1, -0.05) is 6.07 Å². The lowest BCUT2D eigenvalue weighted by atomic mass is 9.91. The summed E-state index contributed by atoms with van der Waals surface area (Å²) in [6, 6.07) is 6.31. The molecule has 0 saturated heterocycles. The van der Waals surface area contributed by atoms with E-state index in [1.165, 1.54) is 10.7 Å². The number of anilines is 2. The molecule has 1 aliphatic carbocycles. The average molecular weight is 706 g/mol. The number of aromatic nitrogens is 4. The van der Waals surface area contributed by atoms with Gasteiger partial charge < -0.3 is 20.7 Å². The smallest absolute Gasteiger partial charge is 0.416 e. The Kier molecular flexibility index (Phi) is 10.0. The zero-order chi connectivity index (χ0) is 36.6. The molecule has 0 radical (unpaired) electrons. The molecule has 1 fully saturated rings. The van der Waals surface area contributed by atoms with Gasteiger partial charge in [-0.2, -0.15) is 31.4 Å². The second-order valence-corrected chi connectivity index (χ2v) is 13.3. The molecule has 2 aromatic heterocycles. The third-order valence-electron chi connectivity index (χ3n) is 8.33. The molecule has 4 aromatic rings. The number of hydrogen-bond acceptors (Lipinski definition) is 7. The van der Waals surface area contributed by atoms with E-state index >= 15 is 0 Å². The maximum Gasteiger partial charge on any atom is 0.416 e. The highest BCUT2D eigenvalue weighted by atomic mass is 19.4.